The van der Waals surface area contributed by atoms with Crippen molar-refractivity contribution in [3.8, 4) is 0 Å². The Kier molecular flexibility index (Phi) is 3.26. The quantitative estimate of drug-likeness (QED) is 0.910. The third-order valence-electron chi connectivity index (χ3n) is 3.45. The summed E-state index contributed by atoms with van der Waals surface area (Å²) < 4.78 is 0. The molecule has 1 aliphatic heterocycles. The Morgan fingerprint density at radius 1 is 1.35 bits per heavy atom. The van der Waals surface area contributed by atoms with Gasteiger partial charge in [0.25, 0.3) is 5.91 Å². The predicted molar refractivity (Wildman–Crippen MR) is 76.5 cm³/mol. The van der Waals surface area contributed by atoms with E-state index in [1.54, 1.807) is 0 Å². The second-order valence-electron chi connectivity index (χ2n) is 5.34. The molecule has 0 spiro atoms. The molecule has 2 amide bonds. The van der Waals surface area contributed by atoms with E-state index in [0.29, 0.717) is 30.3 Å². The van der Waals surface area contributed by atoms with E-state index in [1.807, 2.05) is 31.2 Å². The first-order chi connectivity index (χ1) is 9.63. The summed E-state index contributed by atoms with van der Waals surface area (Å²) in [7, 11) is 0. The van der Waals surface area contributed by atoms with Crippen molar-refractivity contribution in [3.05, 3.63) is 29.8 Å². The number of aryl methyl sites for hydroxylation is 1. The summed E-state index contributed by atoms with van der Waals surface area (Å²) in [6.45, 7) is 1.96. The maximum Gasteiger partial charge on any atom is 0.267 e. The molecule has 1 saturated carbocycles. The second kappa shape index (κ2) is 5.07. The number of carbonyl (C=O) groups is 2. The zero-order valence-electron chi connectivity index (χ0n) is 11.4. The number of hydrogen-bond acceptors (Lipinski definition) is 3. The third-order valence-corrected chi connectivity index (χ3v) is 3.45. The van der Waals surface area contributed by atoms with Crippen LogP contribution < -0.4 is 10.3 Å². The van der Waals surface area contributed by atoms with Gasteiger partial charge in [-0.2, -0.15) is 5.10 Å². The average Bonchev–Trinajstić information content (AvgIpc) is 3.23. The molecule has 104 valence electrons. The van der Waals surface area contributed by atoms with Gasteiger partial charge >= 0.3 is 0 Å². The predicted octanol–water partition coefficient (Wildman–Crippen LogP) is 1.76. The molecule has 1 fully saturated rings. The highest BCUT2D eigenvalue weighted by Crippen LogP contribution is 2.22. The highest BCUT2D eigenvalue weighted by Gasteiger charge is 2.29. The molecule has 0 atom stereocenters. The molecule has 5 nitrogen and oxygen atoms in total. The SMILES string of the molecule is Cc1cccc(N2N=C(C(=O)NC3CC3)CCC2=O)c1. The lowest BCUT2D eigenvalue weighted by Crippen LogP contribution is -2.39. The van der Waals surface area contributed by atoms with E-state index in [-0.39, 0.29) is 11.8 Å². The van der Waals surface area contributed by atoms with Gasteiger partial charge in [-0.3, -0.25) is 9.59 Å². The van der Waals surface area contributed by atoms with Crippen LogP contribution in [-0.2, 0) is 9.59 Å². The molecule has 0 radical (unpaired) electrons. The molecule has 3 rings (SSSR count). The van der Waals surface area contributed by atoms with E-state index in [0.717, 1.165) is 18.4 Å². The Labute approximate surface area is 117 Å². The van der Waals surface area contributed by atoms with Crippen molar-refractivity contribution in [2.45, 2.75) is 38.6 Å². The van der Waals surface area contributed by atoms with Crippen LogP contribution in [0.5, 0.6) is 0 Å². The smallest absolute Gasteiger partial charge is 0.267 e. The Hall–Kier alpha value is -2.17. The van der Waals surface area contributed by atoms with Crippen molar-refractivity contribution < 1.29 is 9.59 Å². The summed E-state index contributed by atoms with van der Waals surface area (Å²) in [5, 5.41) is 8.50. The van der Waals surface area contributed by atoms with Gasteiger partial charge in [0.15, 0.2) is 0 Å². The van der Waals surface area contributed by atoms with Crippen LogP contribution in [-0.4, -0.2) is 23.6 Å². The molecule has 5 heteroatoms. The van der Waals surface area contributed by atoms with Gasteiger partial charge in [0.05, 0.1) is 5.69 Å². The van der Waals surface area contributed by atoms with Gasteiger partial charge in [0, 0.05) is 18.9 Å². The lowest BCUT2D eigenvalue weighted by atomic mass is 10.1. The number of hydrogen-bond donors (Lipinski definition) is 1. The van der Waals surface area contributed by atoms with Gasteiger partial charge in [-0.05, 0) is 37.5 Å². The fourth-order valence-electron chi connectivity index (χ4n) is 2.17. The third kappa shape index (κ3) is 2.71. The van der Waals surface area contributed by atoms with E-state index in [9.17, 15) is 9.59 Å². The van der Waals surface area contributed by atoms with Crippen molar-refractivity contribution in [1.82, 2.24) is 5.32 Å². The molecule has 1 heterocycles. The van der Waals surface area contributed by atoms with Gasteiger partial charge in [-0.15, -0.1) is 0 Å². The van der Waals surface area contributed by atoms with Gasteiger partial charge in [0.1, 0.15) is 5.71 Å². The molecule has 1 N–H and O–H groups in total. The zero-order valence-corrected chi connectivity index (χ0v) is 11.4. The molecule has 1 aromatic rings. The van der Waals surface area contributed by atoms with Crippen molar-refractivity contribution >= 4 is 23.2 Å². The van der Waals surface area contributed by atoms with Crippen LogP contribution in [0.25, 0.3) is 0 Å². The van der Waals surface area contributed by atoms with E-state index >= 15 is 0 Å². The van der Waals surface area contributed by atoms with Crippen LogP contribution in [0.1, 0.15) is 31.2 Å². The van der Waals surface area contributed by atoms with E-state index in [4.69, 9.17) is 0 Å². The maximum absolute atomic E-state index is 12.0. The van der Waals surface area contributed by atoms with E-state index in [2.05, 4.69) is 10.4 Å². The highest BCUT2D eigenvalue weighted by molar-refractivity contribution is 6.40. The minimum absolute atomic E-state index is 0.0708. The Balaban J connectivity index is 1.84. The molecule has 2 aliphatic rings. The van der Waals surface area contributed by atoms with Crippen molar-refractivity contribution in [1.29, 1.82) is 0 Å². The summed E-state index contributed by atoms with van der Waals surface area (Å²) in [6.07, 6.45) is 2.82. The number of nitrogens with one attached hydrogen (secondary N) is 1. The van der Waals surface area contributed by atoms with Crippen molar-refractivity contribution in [3.63, 3.8) is 0 Å². The fourth-order valence-corrected chi connectivity index (χ4v) is 2.17. The number of hydrazone groups is 1. The van der Waals surface area contributed by atoms with Gasteiger partial charge in [-0.1, -0.05) is 12.1 Å². The molecule has 0 bridgehead atoms. The maximum atomic E-state index is 12.0. The fraction of sp³-hybridized carbons (Fsp3) is 0.400. The van der Waals surface area contributed by atoms with Crippen LogP contribution >= 0.6 is 0 Å². The lowest BCUT2D eigenvalue weighted by Gasteiger charge is -2.23. The highest BCUT2D eigenvalue weighted by atomic mass is 16.2. The van der Waals surface area contributed by atoms with Gasteiger partial charge in [-0.25, -0.2) is 5.01 Å². The summed E-state index contributed by atoms with van der Waals surface area (Å²) in [5.41, 5.74) is 2.21. The lowest BCUT2D eigenvalue weighted by molar-refractivity contribution is -0.118. The normalized spacial score (nSPS) is 18.8. The topological polar surface area (TPSA) is 61.8 Å². The summed E-state index contributed by atoms with van der Waals surface area (Å²) in [5.74, 6) is -0.212. The molecule has 0 saturated heterocycles. The van der Waals surface area contributed by atoms with E-state index < -0.39 is 0 Å². The van der Waals surface area contributed by atoms with Crippen LogP contribution in [0.4, 0.5) is 5.69 Å². The van der Waals surface area contributed by atoms with Crippen molar-refractivity contribution in [2.24, 2.45) is 5.10 Å². The molecule has 1 aromatic carbocycles. The van der Waals surface area contributed by atoms with E-state index in [1.165, 1.54) is 5.01 Å². The molecular formula is C15H17N3O2. The largest absolute Gasteiger partial charge is 0.348 e. The monoisotopic (exact) mass is 271 g/mol. The first kappa shape index (κ1) is 12.8. The van der Waals surface area contributed by atoms with Crippen LogP contribution in [0, 0.1) is 6.92 Å². The first-order valence-corrected chi connectivity index (χ1v) is 6.91. The number of carbonyl (C=O) groups excluding carboxylic acids is 2. The molecule has 20 heavy (non-hydrogen) atoms. The zero-order chi connectivity index (χ0) is 14.1. The van der Waals surface area contributed by atoms with Crippen LogP contribution in [0.3, 0.4) is 0 Å². The Morgan fingerprint density at radius 2 is 2.15 bits per heavy atom. The standard InChI is InChI=1S/C15H17N3O2/c1-10-3-2-4-12(9-10)18-14(19)8-7-13(17-18)15(20)16-11-5-6-11/h2-4,9,11H,5-8H2,1H3,(H,16,20). The molecule has 0 aromatic heterocycles. The van der Waals surface area contributed by atoms with Gasteiger partial charge in [0.2, 0.25) is 5.91 Å². The summed E-state index contributed by atoms with van der Waals surface area (Å²) in [4.78, 5) is 24.0. The summed E-state index contributed by atoms with van der Waals surface area (Å²) >= 11 is 0. The first-order valence-electron chi connectivity index (χ1n) is 6.91. The van der Waals surface area contributed by atoms with Gasteiger partial charge < -0.3 is 5.32 Å². The minimum atomic E-state index is -0.141. The second-order valence-corrected chi connectivity index (χ2v) is 5.34. The molecule has 1 aliphatic carbocycles. The van der Waals surface area contributed by atoms with Crippen LogP contribution in [0.15, 0.2) is 29.4 Å². The number of anilines is 1. The van der Waals surface area contributed by atoms with Crippen molar-refractivity contribution in [2.75, 3.05) is 5.01 Å². The number of benzene rings is 1. The van der Waals surface area contributed by atoms with Crippen LogP contribution in [0.2, 0.25) is 0 Å². The molecular weight excluding hydrogens is 254 g/mol. The Bertz CT molecular complexity index is 591. The minimum Gasteiger partial charge on any atom is -0.348 e. The number of rotatable bonds is 3. The number of amides is 2. The Morgan fingerprint density at radius 3 is 2.85 bits per heavy atom. The molecule has 0 unspecified atom stereocenters. The average molecular weight is 271 g/mol. The summed E-state index contributed by atoms with van der Waals surface area (Å²) in [6, 6.07) is 7.86. The number of nitrogens with zero attached hydrogens (tertiary/aromatic N) is 2.